The molecule has 2 nitrogen and oxygen atoms in total. The van der Waals surface area contributed by atoms with E-state index < -0.39 is 0 Å². The Balaban J connectivity index is 1.45. The first-order valence-electron chi connectivity index (χ1n) is 7.48. The third-order valence-corrected chi connectivity index (χ3v) is 6.67. The summed E-state index contributed by atoms with van der Waals surface area (Å²) >= 11 is 1.78. The van der Waals surface area contributed by atoms with Crippen molar-refractivity contribution in [1.29, 1.82) is 0 Å². The minimum absolute atomic E-state index is 0.439. The molecule has 1 aromatic heterocycles. The van der Waals surface area contributed by atoms with E-state index in [0.717, 1.165) is 29.7 Å². The molecule has 1 N–H and O–H groups in total. The monoisotopic (exact) mass is 262 g/mol. The van der Waals surface area contributed by atoms with Gasteiger partial charge in [0.2, 0.25) is 0 Å². The van der Waals surface area contributed by atoms with Gasteiger partial charge in [-0.25, -0.2) is 4.98 Å². The lowest BCUT2D eigenvalue weighted by Gasteiger charge is -2.33. The third kappa shape index (κ3) is 1.67. The molecular formula is C15H22N2S. The van der Waals surface area contributed by atoms with E-state index in [0.29, 0.717) is 6.04 Å². The predicted octanol–water partition coefficient (Wildman–Crippen LogP) is 3.62. The molecule has 6 atom stereocenters. The summed E-state index contributed by atoms with van der Waals surface area (Å²) in [6.07, 6.45) is 9.40. The van der Waals surface area contributed by atoms with E-state index in [4.69, 9.17) is 0 Å². The van der Waals surface area contributed by atoms with Gasteiger partial charge in [-0.2, -0.15) is 0 Å². The minimum Gasteiger partial charge on any atom is -0.305 e. The molecule has 1 heterocycles. The molecule has 2 bridgehead atoms. The van der Waals surface area contributed by atoms with Crippen LogP contribution in [0, 0.1) is 23.7 Å². The van der Waals surface area contributed by atoms with Crippen LogP contribution < -0.4 is 5.32 Å². The molecule has 6 unspecified atom stereocenters. The second kappa shape index (κ2) is 4.31. The van der Waals surface area contributed by atoms with Crippen molar-refractivity contribution in [3.8, 4) is 0 Å². The maximum atomic E-state index is 4.44. The molecule has 0 spiro atoms. The van der Waals surface area contributed by atoms with Crippen LogP contribution in [-0.4, -0.2) is 11.0 Å². The minimum atomic E-state index is 0.439. The molecule has 3 heteroatoms. The van der Waals surface area contributed by atoms with Gasteiger partial charge in [-0.3, -0.25) is 0 Å². The zero-order chi connectivity index (χ0) is 12.1. The van der Waals surface area contributed by atoms with Crippen LogP contribution in [0.1, 0.15) is 50.1 Å². The fourth-order valence-corrected chi connectivity index (χ4v) is 5.76. The summed E-state index contributed by atoms with van der Waals surface area (Å²) in [6.45, 7) is 2.27. The maximum absolute atomic E-state index is 4.44. The summed E-state index contributed by atoms with van der Waals surface area (Å²) in [5.41, 5.74) is 0. The van der Waals surface area contributed by atoms with Crippen molar-refractivity contribution in [2.45, 2.75) is 51.1 Å². The van der Waals surface area contributed by atoms with Crippen LogP contribution in [0.15, 0.2) is 11.6 Å². The first kappa shape index (κ1) is 11.4. The Morgan fingerprint density at radius 3 is 3.00 bits per heavy atom. The number of thiazole rings is 1. The van der Waals surface area contributed by atoms with Crippen LogP contribution in [0.25, 0.3) is 0 Å². The van der Waals surface area contributed by atoms with Crippen molar-refractivity contribution in [1.82, 2.24) is 10.3 Å². The average molecular weight is 262 g/mol. The largest absolute Gasteiger partial charge is 0.305 e. The summed E-state index contributed by atoms with van der Waals surface area (Å²) in [4.78, 5) is 4.44. The Kier molecular flexibility index (Phi) is 2.73. The van der Waals surface area contributed by atoms with E-state index in [1.165, 1.54) is 37.1 Å². The molecule has 18 heavy (non-hydrogen) atoms. The molecule has 3 saturated carbocycles. The number of fused-ring (bicyclic) bond motifs is 5. The number of aromatic nitrogens is 1. The van der Waals surface area contributed by atoms with Crippen LogP contribution in [0.4, 0.5) is 0 Å². The molecule has 0 amide bonds. The van der Waals surface area contributed by atoms with Crippen molar-refractivity contribution >= 4 is 11.3 Å². The highest BCUT2D eigenvalue weighted by atomic mass is 32.1. The summed E-state index contributed by atoms with van der Waals surface area (Å²) in [5, 5.41) is 7.21. The van der Waals surface area contributed by atoms with Crippen molar-refractivity contribution in [3.63, 3.8) is 0 Å². The summed E-state index contributed by atoms with van der Waals surface area (Å²) < 4.78 is 0. The van der Waals surface area contributed by atoms with E-state index >= 15 is 0 Å². The van der Waals surface area contributed by atoms with Gasteiger partial charge < -0.3 is 5.32 Å². The number of hydrogen-bond acceptors (Lipinski definition) is 3. The molecule has 3 fully saturated rings. The SMILES string of the molecule is CC(NC1CC2CC1C1CCCC21)c1nccs1. The molecule has 0 aliphatic heterocycles. The van der Waals surface area contributed by atoms with E-state index in [2.05, 4.69) is 22.6 Å². The van der Waals surface area contributed by atoms with Crippen LogP contribution in [-0.2, 0) is 0 Å². The summed E-state index contributed by atoms with van der Waals surface area (Å²) in [5.74, 6) is 4.18. The fraction of sp³-hybridized carbons (Fsp3) is 0.800. The van der Waals surface area contributed by atoms with Crippen LogP contribution >= 0.6 is 11.3 Å². The third-order valence-electron chi connectivity index (χ3n) is 5.71. The standard InChI is InChI=1S/C15H22N2S/c1-9(15-16-5-6-18-15)17-14-8-10-7-13(14)12-4-2-3-11(10)12/h5-6,9-14,17H,2-4,7-8H2,1H3. The van der Waals surface area contributed by atoms with Crippen molar-refractivity contribution in [2.24, 2.45) is 23.7 Å². The number of nitrogens with zero attached hydrogens (tertiary/aromatic N) is 1. The molecular weight excluding hydrogens is 240 g/mol. The average Bonchev–Trinajstić information content (AvgIpc) is 3.11. The summed E-state index contributed by atoms with van der Waals surface area (Å²) in [7, 11) is 0. The molecule has 98 valence electrons. The molecule has 0 saturated heterocycles. The molecule has 4 rings (SSSR count). The van der Waals surface area contributed by atoms with Crippen LogP contribution in [0.3, 0.4) is 0 Å². The Bertz CT molecular complexity index is 416. The van der Waals surface area contributed by atoms with Gasteiger partial charge in [0.25, 0.3) is 0 Å². The van der Waals surface area contributed by atoms with Gasteiger partial charge in [-0.1, -0.05) is 6.42 Å². The zero-order valence-electron chi connectivity index (χ0n) is 11.0. The smallest absolute Gasteiger partial charge is 0.109 e. The van der Waals surface area contributed by atoms with Crippen LogP contribution in [0.2, 0.25) is 0 Å². The quantitative estimate of drug-likeness (QED) is 0.900. The van der Waals surface area contributed by atoms with Crippen molar-refractivity contribution in [2.75, 3.05) is 0 Å². The Morgan fingerprint density at radius 2 is 2.17 bits per heavy atom. The number of rotatable bonds is 3. The Hall–Kier alpha value is -0.410. The van der Waals surface area contributed by atoms with E-state index in [1.54, 1.807) is 11.3 Å². The molecule has 3 aliphatic carbocycles. The van der Waals surface area contributed by atoms with Crippen molar-refractivity contribution < 1.29 is 0 Å². The van der Waals surface area contributed by atoms with Crippen molar-refractivity contribution in [3.05, 3.63) is 16.6 Å². The molecule has 1 aromatic rings. The highest BCUT2D eigenvalue weighted by Gasteiger charge is 2.53. The lowest BCUT2D eigenvalue weighted by atomic mass is 9.79. The number of hydrogen-bond donors (Lipinski definition) is 1. The summed E-state index contributed by atoms with van der Waals surface area (Å²) in [6, 6.07) is 1.21. The normalized spacial score (nSPS) is 43.3. The highest BCUT2D eigenvalue weighted by molar-refractivity contribution is 7.09. The van der Waals surface area contributed by atoms with E-state index in [1.807, 2.05) is 6.20 Å². The maximum Gasteiger partial charge on any atom is 0.109 e. The lowest BCUT2D eigenvalue weighted by Crippen LogP contribution is -2.40. The second-order valence-electron chi connectivity index (χ2n) is 6.52. The number of nitrogens with one attached hydrogen (secondary N) is 1. The van der Waals surface area contributed by atoms with Crippen LogP contribution in [0.5, 0.6) is 0 Å². The second-order valence-corrected chi connectivity index (χ2v) is 7.45. The molecule has 3 aliphatic rings. The van der Waals surface area contributed by atoms with Gasteiger partial charge in [0.05, 0.1) is 6.04 Å². The van der Waals surface area contributed by atoms with Gasteiger partial charge in [0.15, 0.2) is 0 Å². The van der Waals surface area contributed by atoms with Gasteiger partial charge >= 0.3 is 0 Å². The van der Waals surface area contributed by atoms with Gasteiger partial charge in [0, 0.05) is 17.6 Å². The zero-order valence-corrected chi connectivity index (χ0v) is 11.8. The molecule has 0 aromatic carbocycles. The first-order chi connectivity index (χ1) is 8.83. The fourth-order valence-electron chi connectivity index (χ4n) is 5.10. The Labute approximate surface area is 113 Å². The topological polar surface area (TPSA) is 24.9 Å². The van der Waals surface area contributed by atoms with Gasteiger partial charge in [0.1, 0.15) is 5.01 Å². The van der Waals surface area contributed by atoms with E-state index in [9.17, 15) is 0 Å². The highest BCUT2D eigenvalue weighted by Crippen LogP contribution is 2.58. The first-order valence-corrected chi connectivity index (χ1v) is 8.36. The lowest BCUT2D eigenvalue weighted by molar-refractivity contribution is 0.200. The predicted molar refractivity (Wildman–Crippen MR) is 74.5 cm³/mol. The van der Waals surface area contributed by atoms with Gasteiger partial charge in [-0.15, -0.1) is 11.3 Å². The van der Waals surface area contributed by atoms with E-state index in [-0.39, 0.29) is 0 Å². The Morgan fingerprint density at radius 1 is 1.28 bits per heavy atom. The molecule has 0 radical (unpaired) electrons. The van der Waals surface area contributed by atoms with Gasteiger partial charge in [-0.05, 0) is 56.3 Å².